The minimum atomic E-state index is -0.481. The van der Waals surface area contributed by atoms with Gasteiger partial charge in [0.15, 0.2) is 0 Å². The van der Waals surface area contributed by atoms with Crippen molar-refractivity contribution in [2.24, 2.45) is 0 Å². The Hall–Kier alpha value is -1.24. The molecule has 1 saturated heterocycles. The lowest BCUT2D eigenvalue weighted by Gasteiger charge is -2.24. The Morgan fingerprint density at radius 2 is 2.18 bits per heavy atom. The lowest BCUT2D eigenvalue weighted by molar-refractivity contribution is -0.385. The zero-order valence-corrected chi connectivity index (χ0v) is 9.80. The van der Waals surface area contributed by atoms with Gasteiger partial charge in [0.05, 0.1) is 16.5 Å². The second-order valence-electron chi connectivity index (χ2n) is 3.67. The maximum absolute atomic E-state index is 13.1. The molecule has 2 rings (SSSR count). The fraction of sp³-hybridized carbons (Fsp3) is 0.400. The Bertz CT molecular complexity index is 411. The van der Waals surface area contributed by atoms with Gasteiger partial charge in [-0.2, -0.15) is 0 Å². The smallest absolute Gasteiger partial charge is 0.274 e. The highest BCUT2D eigenvalue weighted by molar-refractivity contribution is 5.85. The molecule has 0 radical (unpaired) electrons. The summed E-state index contributed by atoms with van der Waals surface area (Å²) in [5.74, 6) is -0.451. The molecule has 1 heterocycles. The minimum absolute atomic E-state index is 0. The van der Waals surface area contributed by atoms with Crippen LogP contribution in [-0.4, -0.2) is 24.6 Å². The van der Waals surface area contributed by atoms with Gasteiger partial charge >= 0.3 is 0 Å². The second-order valence-corrected chi connectivity index (χ2v) is 3.67. The number of nitro groups is 1. The van der Waals surface area contributed by atoms with Gasteiger partial charge in [0.1, 0.15) is 5.82 Å². The van der Waals surface area contributed by atoms with Crippen molar-refractivity contribution < 1.29 is 9.31 Å². The molecule has 1 atom stereocenters. The zero-order valence-electron chi connectivity index (χ0n) is 8.98. The summed E-state index contributed by atoms with van der Waals surface area (Å²) in [4.78, 5) is 10.3. The highest BCUT2D eigenvalue weighted by Gasteiger charge is 2.23. The lowest BCUT2D eigenvalue weighted by Crippen LogP contribution is -2.42. The van der Waals surface area contributed by atoms with Crippen LogP contribution in [0, 0.1) is 15.9 Å². The fourth-order valence-corrected chi connectivity index (χ4v) is 1.84. The van der Waals surface area contributed by atoms with Crippen molar-refractivity contribution in [2.75, 3.05) is 19.6 Å². The molecular formula is C10H13ClFN3O2. The number of rotatable bonds is 2. The van der Waals surface area contributed by atoms with Crippen molar-refractivity contribution in [1.82, 2.24) is 10.6 Å². The number of hydrogen-bond donors (Lipinski definition) is 2. The Morgan fingerprint density at radius 3 is 2.76 bits per heavy atom. The van der Waals surface area contributed by atoms with E-state index in [9.17, 15) is 14.5 Å². The molecule has 0 amide bonds. The Kier molecular flexibility index (Phi) is 4.80. The molecule has 1 aliphatic rings. The van der Waals surface area contributed by atoms with Crippen LogP contribution in [0.2, 0.25) is 0 Å². The molecule has 0 aromatic heterocycles. The third kappa shape index (κ3) is 3.12. The fourth-order valence-electron chi connectivity index (χ4n) is 1.84. The maximum atomic E-state index is 13.1. The molecule has 1 aromatic rings. The van der Waals surface area contributed by atoms with Crippen LogP contribution in [0.15, 0.2) is 18.2 Å². The number of hydrogen-bond acceptors (Lipinski definition) is 4. The highest BCUT2D eigenvalue weighted by Crippen LogP contribution is 2.26. The zero-order chi connectivity index (χ0) is 11.5. The lowest BCUT2D eigenvalue weighted by atomic mass is 10.0. The number of nitrogens with one attached hydrogen (secondary N) is 2. The Morgan fingerprint density at radius 1 is 1.41 bits per heavy atom. The van der Waals surface area contributed by atoms with Crippen molar-refractivity contribution in [1.29, 1.82) is 0 Å². The Balaban J connectivity index is 0.00000144. The van der Waals surface area contributed by atoms with Crippen LogP contribution in [-0.2, 0) is 0 Å². The Labute approximate surface area is 104 Å². The third-order valence-electron chi connectivity index (χ3n) is 2.60. The number of benzene rings is 1. The van der Waals surface area contributed by atoms with Crippen molar-refractivity contribution in [3.8, 4) is 0 Å². The van der Waals surface area contributed by atoms with E-state index in [1.165, 1.54) is 12.1 Å². The molecule has 2 N–H and O–H groups in total. The summed E-state index contributed by atoms with van der Waals surface area (Å²) in [6.45, 7) is 2.11. The molecule has 17 heavy (non-hydrogen) atoms. The summed E-state index contributed by atoms with van der Waals surface area (Å²) in [5, 5.41) is 17.0. The van der Waals surface area contributed by atoms with E-state index in [0.717, 1.165) is 19.2 Å². The standard InChI is InChI=1S/C10H12FN3O2.ClH/c11-7-1-2-10(14(15)16)8(5-7)9-6-12-3-4-13-9;/h1-2,5,9,12-13H,3-4,6H2;1H/t9-;/m0./s1. The van der Waals surface area contributed by atoms with E-state index in [1.807, 2.05) is 0 Å². The molecular weight excluding hydrogens is 249 g/mol. The number of nitrogens with zero attached hydrogens (tertiary/aromatic N) is 1. The van der Waals surface area contributed by atoms with Gasteiger partial charge in [-0.05, 0) is 12.1 Å². The molecule has 1 fully saturated rings. The summed E-state index contributed by atoms with van der Waals surface area (Å²) < 4.78 is 13.1. The first kappa shape index (κ1) is 13.8. The monoisotopic (exact) mass is 261 g/mol. The maximum Gasteiger partial charge on any atom is 0.274 e. The molecule has 1 aromatic carbocycles. The normalized spacial score (nSPS) is 19.5. The van der Waals surface area contributed by atoms with Crippen LogP contribution in [0.25, 0.3) is 0 Å². The van der Waals surface area contributed by atoms with Gasteiger partial charge in [0.25, 0.3) is 5.69 Å². The van der Waals surface area contributed by atoms with E-state index in [1.54, 1.807) is 0 Å². The molecule has 1 aliphatic heterocycles. The number of piperazine rings is 1. The second kappa shape index (κ2) is 5.90. The summed E-state index contributed by atoms with van der Waals surface area (Å²) in [7, 11) is 0. The van der Waals surface area contributed by atoms with Gasteiger partial charge in [0.2, 0.25) is 0 Å². The predicted molar refractivity (Wildman–Crippen MR) is 63.9 cm³/mol. The molecule has 0 aliphatic carbocycles. The molecule has 0 spiro atoms. The average Bonchev–Trinajstić information content (AvgIpc) is 2.29. The van der Waals surface area contributed by atoms with E-state index >= 15 is 0 Å². The van der Waals surface area contributed by atoms with Crippen LogP contribution in [0.5, 0.6) is 0 Å². The van der Waals surface area contributed by atoms with E-state index in [2.05, 4.69) is 10.6 Å². The van der Waals surface area contributed by atoms with Gasteiger partial charge in [-0.3, -0.25) is 10.1 Å². The predicted octanol–water partition coefficient (Wildman–Crippen LogP) is 1.39. The van der Waals surface area contributed by atoms with Gasteiger partial charge in [-0.1, -0.05) is 0 Å². The van der Waals surface area contributed by atoms with Crippen LogP contribution in [0.3, 0.4) is 0 Å². The first-order valence-corrected chi connectivity index (χ1v) is 5.06. The molecule has 5 nitrogen and oxygen atoms in total. The number of nitro benzene ring substituents is 1. The van der Waals surface area contributed by atoms with Gasteiger partial charge < -0.3 is 10.6 Å². The topological polar surface area (TPSA) is 67.2 Å². The summed E-state index contributed by atoms with van der Waals surface area (Å²) in [6.07, 6.45) is 0. The van der Waals surface area contributed by atoms with Crippen LogP contribution in [0.4, 0.5) is 10.1 Å². The third-order valence-corrected chi connectivity index (χ3v) is 2.60. The van der Waals surface area contributed by atoms with Crippen LogP contribution in [0.1, 0.15) is 11.6 Å². The SMILES string of the molecule is Cl.O=[N+]([O-])c1ccc(F)cc1[C@@H]1CNCCN1. The van der Waals surface area contributed by atoms with Gasteiger partial charge in [-0.25, -0.2) is 4.39 Å². The molecule has 7 heteroatoms. The van der Waals surface area contributed by atoms with E-state index in [-0.39, 0.29) is 24.1 Å². The van der Waals surface area contributed by atoms with E-state index < -0.39 is 10.7 Å². The van der Waals surface area contributed by atoms with Crippen LogP contribution >= 0.6 is 12.4 Å². The first-order valence-electron chi connectivity index (χ1n) is 5.06. The van der Waals surface area contributed by atoms with Gasteiger partial charge in [-0.15, -0.1) is 12.4 Å². The summed E-state index contributed by atoms with van der Waals surface area (Å²) in [6, 6.07) is 3.34. The molecule has 0 bridgehead atoms. The quantitative estimate of drug-likeness (QED) is 0.624. The van der Waals surface area contributed by atoms with Gasteiger partial charge in [0, 0.05) is 25.7 Å². The van der Waals surface area contributed by atoms with Crippen molar-refractivity contribution >= 4 is 18.1 Å². The molecule has 0 saturated carbocycles. The largest absolute Gasteiger partial charge is 0.314 e. The summed E-state index contributed by atoms with van der Waals surface area (Å²) >= 11 is 0. The van der Waals surface area contributed by atoms with Crippen molar-refractivity contribution in [3.05, 3.63) is 39.7 Å². The van der Waals surface area contributed by atoms with E-state index in [4.69, 9.17) is 0 Å². The number of halogens is 2. The summed E-state index contributed by atoms with van der Waals surface area (Å²) in [5.41, 5.74) is 0.361. The first-order chi connectivity index (χ1) is 7.68. The van der Waals surface area contributed by atoms with Crippen LogP contribution < -0.4 is 10.6 Å². The van der Waals surface area contributed by atoms with Crippen molar-refractivity contribution in [2.45, 2.75) is 6.04 Å². The highest BCUT2D eigenvalue weighted by atomic mass is 35.5. The minimum Gasteiger partial charge on any atom is -0.314 e. The van der Waals surface area contributed by atoms with E-state index in [0.29, 0.717) is 12.1 Å². The molecule has 94 valence electrons. The van der Waals surface area contributed by atoms with Crippen molar-refractivity contribution in [3.63, 3.8) is 0 Å². The average molecular weight is 262 g/mol. The molecule has 0 unspecified atom stereocenters.